The highest BCUT2D eigenvalue weighted by molar-refractivity contribution is 8.13. The Kier molecular flexibility index (Phi) is 3.90. The van der Waals surface area contributed by atoms with Crippen LogP contribution in [-0.2, 0) is 9.59 Å². The maximum atomic E-state index is 11.9. The number of anilines is 1. The van der Waals surface area contributed by atoms with Gasteiger partial charge in [0.2, 0.25) is 5.91 Å². The van der Waals surface area contributed by atoms with E-state index in [0.29, 0.717) is 30.0 Å². The van der Waals surface area contributed by atoms with E-state index in [1.807, 2.05) is 6.07 Å². The maximum Gasteiger partial charge on any atom is 0.252 e. The van der Waals surface area contributed by atoms with Gasteiger partial charge < -0.3 is 4.52 Å². The Bertz CT molecular complexity index is 561. The van der Waals surface area contributed by atoms with Gasteiger partial charge in [0.1, 0.15) is 17.3 Å². The zero-order valence-corrected chi connectivity index (χ0v) is 11.5. The highest BCUT2D eigenvalue weighted by Gasteiger charge is 2.35. The van der Waals surface area contributed by atoms with Crippen LogP contribution in [-0.4, -0.2) is 28.5 Å². The minimum atomic E-state index is -0.0956. The van der Waals surface area contributed by atoms with Crippen LogP contribution in [0, 0.1) is 24.2 Å². The van der Waals surface area contributed by atoms with Gasteiger partial charge >= 0.3 is 0 Å². The molecule has 1 unspecified atom stereocenters. The van der Waals surface area contributed by atoms with E-state index in [-0.39, 0.29) is 22.8 Å². The monoisotopic (exact) mass is 279 g/mol. The van der Waals surface area contributed by atoms with Crippen LogP contribution in [0.1, 0.15) is 24.6 Å². The van der Waals surface area contributed by atoms with Crippen molar-refractivity contribution in [2.24, 2.45) is 5.92 Å². The Hall–Kier alpha value is -1.81. The summed E-state index contributed by atoms with van der Waals surface area (Å²) in [6.45, 7) is 3.63. The molecule has 1 saturated heterocycles. The number of hydrogen-bond donors (Lipinski definition) is 0. The summed E-state index contributed by atoms with van der Waals surface area (Å²) < 4.78 is 5.07. The van der Waals surface area contributed by atoms with Gasteiger partial charge in [0.15, 0.2) is 5.12 Å². The Labute approximate surface area is 114 Å². The van der Waals surface area contributed by atoms with E-state index in [1.54, 1.807) is 6.92 Å². The third kappa shape index (κ3) is 2.79. The topological polar surface area (TPSA) is 87.2 Å². The van der Waals surface area contributed by atoms with Crippen LogP contribution >= 0.6 is 11.8 Å². The van der Waals surface area contributed by atoms with E-state index in [1.165, 1.54) is 23.6 Å². The van der Waals surface area contributed by atoms with E-state index in [9.17, 15) is 9.59 Å². The normalized spacial score (nSPS) is 18.7. The molecule has 0 N–H and O–H groups in total. The summed E-state index contributed by atoms with van der Waals surface area (Å²) in [6, 6.07) is 2.00. The van der Waals surface area contributed by atoms with Crippen molar-refractivity contribution in [3.63, 3.8) is 0 Å². The summed E-state index contributed by atoms with van der Waals surface area (Å²) in [7, 11) is 0. The van der Waals surface area contributed by atoms with Gasteiger partial charge in [-0.3, -0.25) is 14.5 Å². The van der Waals surface area contributed by atoms with Gasteiger partial charge in [-0.05, 0) is 12.8 Å². The van der Waals surface area contributed by atoms with Crippen LogP contribution in [0.25, 0.3) is 0 Å². The van der Waals surface area contributed by atoms with Gasteiger partial charge in [-0.25, -0.2) is 0 Å². The molecule has 0 spiro atoms. The predicted octanol–water partition coefficient (Wildman–Crippen LogP) is 1.49. The molecular weight excluding hydrogens is 266 g/mol. The number of rotatable bonds is 3. The lowest BCUT2D eigenvalue weighted by Crippen LogP contribution is -2.25. The number of nitrogens with zero attached hydrogens (tertiary/aromatic N) is 3. The molecule has 2 rings (SSSR count). The zero-order chi connectivity index (χ0) is 14.0. The second-order valence-corrected chi connectivity index (χ2v) is 5.63. The number of aryl methyl sites for hydroxylation is 1. The molecule has 0 aliphatic carbocycles. The van der Waals surface area contributed by atoms with Gasteiger partial charge in [0.25, 0.3) is 5.88 Å². The van der Waals surface area contributed by atoms with Crippen molar-refractivity contribution in [3.8, 4) is 6.07 Å². The molecule has 19 heavy (non-hydrogen) atoms. The first-order chi connectivity index (χ1) is 9.02. The summed E-state index contributed by atoms with van der Waals surface area (Å²) in [6.07, 6.45) is 0.366. The predicted molar refractivity (Wildman–Crippen MR) is 69.6 cm³/mol. The molecule has 1 aliphatic heterocycles. The molecule has 100 valence electrons. The SMILES string of the molecule is CC(=O)SCC1CC(=O)N(c2onc(C)c2C#N)C1. The molecule has 1 aromatic heterocycles. The average Bonchev–Trinajstić information content (AvgIpc) is 2.89. The molecule has 2 heterocycles. The largest absolute Gasteiger partial charge is 0.336 e. The summed E-state index contributed by atoms with van der Waals surface area (Å²) >= 11 is 1.21. The zero-order valence-electron chi connectivity index (χ0n) is 10.7. The first-order valence-electron chi connectivity index (χ1n) is 5.83. The lowest BCUT2D eigenvalue weighted by atomic mass is 10.1. The van der Waals surface area contributed by atoms with Crippen LogP contribution < -0.4 is 4.90 Å². The molecule has 0 saturated carbocycles. The summed E-state index contributed by atoms with van der Waals surface area (Å²) in [5, 5.41) is 12.8. The highest BCUT2D eigenvalue weighted by Crippen LogP contribution is 2.30. The molecule has 1 atom stereocenters. The molecule has 6 nitrogen and oxygen atoms in total. The second kappa shape index (κ2) is 5.45. The third-order valence-corrected chi connectivity index (χ3v) is 3.97. The number of aromatic nitrogens is 1. The molecule has 0 bridgehead atoms. The smallest absolute Gasteiger partial charge is 0.252 e. The highest BCUT2D eigenvalue weighted by atomic mass is 32.2. The minimum absolute atomic E-state index is 0.0409. The van der Waals surface area contributed by atoms with Gasteiger partial charge in [-0.15, -0.1) is 0 Å². The van der Waals surface area contributed by atoms with E-state index in [2.05, 4.69) is 5.16 Å². The van der Waals surface area contributed by atoms with Crippen LogP contribution in [0.4, 0.5) is 5.88 Å². The molecule has 1 fully saturated rings. The standard InChI is InChI=1S/C12H13N3O3S/c1-7-10(4-13)12(18-14-7)15-5-9(3-11(15)17)6-19-8(2)16/h9H,3,5-6H2,1-2H3. The first kappa shape index (κ1) is 13.6. The van der Waals surface area contributed by atoms with Gasteiger partial charge in [0, 0.05) is 25.6 Å². The van der Waals surface area contributed by atoms with Crippen LogP contribution in [0.5, 0.6) is 0 Å². The van der Waals surface area contributed by atoms with Gasteiger partial charge in [0.05, 0.1) is 0 Å². The summed E-state index contributed by atoms with van der Waals surface area (Å²) in [4.78, 5) is 24.3. The van der Waals surface area contributed by atoms with Crippen LogP contribution in [0.2, 0.25) is 0 Å². The number of amides is 1. The lowest BCUT2D eigenvalue weighted by Gasteiger charge is -2.12. The quantitative estimate of drug-likeness (QED) is 0.833. The second-order valence-electron chi connectivity index (χ2n) is 4.44. The van der Waals surface area contributed by atoms with Crippen LogP contribution in [0.3, 0.4) is 0 Å². The average molecular weight is 279 g/mol. The molecule has 1 amide bonds. The van der Waals surface area contributed by atoms with Crippen molar-refractivity contribution < 1.29 is 14.1 Å². The van der Waals surface area contributed by atoms with Crippen molar-refractivity contribution in [1.82, 2.24) is 5.16 Å². The Balaban J connectivity index is 2.12. The van der Waals surface area contributed by atoms with E-state index in [0.717, 1.165) is 0 Å². The van der Waals surface area contributed by atoms with Crippen molar-refractivity contribution >= 4 is 28.7 Å². The molecule has 1 aromatic rings. The van der Waals surface area contributed by atoms with Crippen LogP contribution in [0.15, 0.2) is 4.52 Å². The van der Waals surface area contributed by atoms with Gasteiger partial charge in [-0.1, -0.05) is 16.9 Å². The van der Waals surface area contributed by atoms with Crippen molar-refractivity contribution in [2.75, 3.05) is 17.2 Å². The fourth-order valence-electron chi connectivity index (χ4n) is 2.00. The molecule has 0 radical (unpaired) electrons. The van der Waals surface area contributed by atoms with E-state index in [4.69, 9.17) is 9.78 Å². The van der Waals surface area contributed by atoms with Crippen molar-refractivity contribution in [2.45, 2.75) is 20.3 Å². The summed E-state index contributed by atoms with van der Waals surface area (Å²) in [5.41, 5.74) is 0.778. The molecular formula is C12H13N3O3S. The number of thioether (sulfide) groups is 1. The first-order valence-corrected chi connectivity index (χ1v) is 6.81. The third-order valence-electron chi connectivity index (χ3n) is 2.93. The van der Waals surface area contributed by atoms with Crippen molar-refractivity contribution in [1.29, 1.82) is 5.26 Å². The number of hydrogen-bond acceptors (Lipinski definition) is 6. The fraction of sp³-hybridized carbons (Fsp3) is 0.500. The summed E-state index contributed by atoms with van der Waals surface area (Å²) in [5.74, 6) is 0.826. The van der Waals surface area contributed by atoms with E-state index < -0.39 is 0 Å². The number of nitriles is 1. The minimum Gasteiger partial charge on any atom is -0.336 e. The number of carbonyl (C=O) groups is 2. The molecule has 0 aromatic carbocycles. The fourth-order valence-corrected chi connectivity index (χ4v) is 2.69. The Morgan fingerprint density at radius 3 is 3.05 bits per heavy atom. The Morgan fingerprint density at radius 1 is 1.68 bits per heavy atom. The molecule has 7 heteroatoms. The number of carbonyl (C=O) groups excluding carboxylic acids is 2. The van der Waals surface area contributed by atoms with Crippen molar-refractivity contribution in [3.05, 3.63) is 11.3 Å². The van der Waals surface area contributed by atoms with E-state index >= 15 is 0 Å². The Morgan fingerprint density at radius 2 is 2.42 bits per heavy atom. The van der Waals surface area contributed by atoms with Gasteiger partial charge in [-0.2, -0.15) is 5.26 Å². The maximum absolute atomic E-state index is 11.9. The molecule has 1 aliphatic rings. The lowest BCUT2D eigenvalue weighted by molar-refractivity contribution is -0.117.